The van der Waals surface area contributed by atoms with Gasteiger partial charge in [-0.2, -0.15) is 0 Å². The van der Waals surface area contributed by atoms with Crippen molar-refractivity contribution in [2.24, 2.45) is 33.5 Å². The molecule has 0 aliphatic heterocycles. The molecule has 2 nitrogen and oxygen atoms in total. The van der Waals surface area contributed by atoms with E-state index in [0.29, 0.717) is 11.8 Å². The summed E-state index contributed by atoms with van der Waals surface area (Å²) in [4.78, 5) is 26.4. The Hall–Kier alpha value is -1.96. The molecule has 158 valence electrons. The summed E-state index contributed by atoms with van der Waals surface area (Å²) in [6, 6.07) is 8.69. The lowest BCUT2D eigenvalue weighted by atomic mass is 9.64. The summed E-state index contributed by atoms with van der Waals surface area (Å²) >= 11 is 0. The number of allylic oxidation sites excluding steroid dienone is 2. The average molecular weight is 403 g/mol. The molecule has 2 heteroatoms. The van der Waals surface area contributed by atoms with E-state index in [-0.39, 0.29) is 33.2 Å². The van der Waals surface area contributed by atoms with Crippen molar-refractivity contribution in [3.05, 3.63) is 59.7 Å². The fourth-order valence-corrected chi connectivity index (χ4v) is 8.12. The highest BCUT2D eigenvalue weighted by Gasteiger charge is 2.66. The Morgan fingerprint density at radius 2 is 1.20 bits per heavy atom. The smallest absolute Gasteiger partial charge is 0.165 e. The fourth-order valence-electron chi connectivity index (χ4n) is 8.12. The molecule has 4 saturated carbocycles. The summed E-state index contributed by atoms with van der Waals surface area (Å²) in [6.45, 7) is 17.3. The van der Waals surface area contributed by atoms with Gasteiger partial charge in [0.2, 0.25) is 0 Å². The van der Waals surface area contributed by atoms with Gasteiger partial charge in [0.25, 0.3) is 0 Å². The Labute approximate surface area is 180 Å². The molecule has 4 bridgehead atoms. The van der Waals surface area contributed by atoms with Crippen LogP contribution < -0.4 is 0 Å². The molecule has 4 unspecified atom stereocenters. The van der Waals surface area contributed by atoms with Crippen LogP contribution in [-0.4, -0.2) is 11.6 Å². The molecule has 4 atom stereocenters. The molecule has 0 amide bonds. The molecule has 4 aliphatic carbocycles. The van der Waals surface area contributed by atoms with Crippen LogP contribution in [0.1, 0.15) is 64.5 Å². The maximum absolute atomic E-state index is 13.2. The summed E-state index contributed by atoms with van der Waals surface area (Å²) in [7, 11) is 0. The standard InChI is InChI=1S/C28H34O2/c1-17-21-10-12-27(23(17)29,25(21,3)4)15-19-8-7-9-20(14-19)16-28-13-11-22(26(28,5)6)18(2)24(28)30/h7-9,14,21-22H,1-2,10-13,15-16H2,3-6H3. The van der Waals surface area contributed by atoms with Crippen LogP contribution in [-0.2, 0) is 22.4 Å². The third kappa shape index (κ3) is 2.11. The zero-order valence-electron chi connectivity index (χ0n) is 18.9. The summed E-state index contributed by atoms with van der Waals surface area (Å²) in [5.41, 5.74) is 3.42. The Kier molecular flexibility index (Phi) is 3.89. The zero-order valence-corrected chi connectivity index (χ0v) is 18.9. The topological polar surface area (TPSA) is 34.1 Å². The van der Waals surface area contributed by atoms with Gasteiger partial charge < -0.3 is 0 Å². The highest BCUT2D eigenvalue weighted by Crippen LogP contribution is 2.67. The number of benzene rings is 1. The van der Waals surface area contributed by atoms with Gasteiger partial charge in [-0.3, -0.25) is 9.59 Å². The molecule has 0 aromatic heterocycles. The van der Waals surface area contributed by atoms with Gasteiger partial charge in [0.15, 0.2) is 11.6 Å². The molecule has 4 fully saturated rings. The predicted molar refractivity (Wildman–Crippen MR) is 120 cm³/mol. The van der Waals surface area contributed by atoms with E-state index in [2.05, 4.69) is 65.1 Å². The number of carbonyl (C=O) groups is 2. The number of fused-ring (bicyclic) bond motifs is 4. The molecule has 0 N–H and O–H groups in total. The molecule has 0 radical (unpaired) electrons. The van der Waals surface area contributed by atoms with Crippen LogP contribution in [0.25, 0.3) is 0 Å². The summed E-state index contributed by atoms with van der Waals surface area (Å²) in [5, 5.41) is 0. The Morgan fingerprint density at radius 1 is 0.800 bits per heavy atom. The van der Waals surface area contributed by atoms with Crippen LogP contribution in [0, 0.1) is 33.5 Å². The molecule has 4 aliphatic rings. The van der Waals surface area contributed by atoms with Crippen molar-refractivity contribution < 1.29 is 9.59 Å². The monoisotopic (exact) mass is 402 g/mol. The van der Waals surface area contributed by atoms with Crippen LogP contribution >= 0.6 is 0 Å². The van der Waals surface area contributed by atoms with Gasteiger partial charge in [-0.05, 0) is 83.5 Å². The van der Waals surface area contributed by atoms with Crippen molar-refractivity contribution in [1.29, 1.82) is 0 Å². The molecule has 0 heterocycles. The Morgan fingerprint density at radius 3 is 1.53 bits per heavy atom. The molecule has 30 heavy (non-hydrogen) atoms. The first-order chi connectivity index (χ1) is 14.0. The first-order valence-corrected chi connectivity index (χ1v) is 11.5. The number of hydrogen-bond acceptors (Lipinski definition) is 2. The van der Waals surface area contributed by atoms with Crippen molar-refractivity contribution in [2.45, 2.75) is 66.2 Å². The molecular formula is C28H34O2. The maximum Gasteiger partial charge on any atom is 0.165 e. The van der Waals surface area contributed by atoms with E-state index in [4.69, 9.17) is 0 Å². The van der Waals surface area contributed by atoms with E-state index in [1.54, 1.807) is 0 Å². The van der Waals surface area contributed by atoms with Gasteiger partial charge in [0, 0.05) is 10.8 Å². The van der Waals surface area contributed by atoms with E-state index in [9.17, 15) is 9.59 Å². The second-order valence-corrected chi connectivity index (χ2v) is 11.7. The lowest BCUT2D eigenvalue weighted by Crippen LogP contribution is -2.39. The molecular weight excluding hydrogens is 368 g/mol. The fraction of sp³-hybridized carbons (Fsp3) is 0.571. The number of hydrogen-bond donors (Lipinski definition) is 0. The Bertz CT molecular complexity index is 932. The molecule has 5 rings (SSSR count). The normalized spacial score (nSPS) is 38.1. The molecule has 1 aromatic carbocycles. The van der Waals surface area contributed by atoms with E-state index < -0.39 is 0 Å². The predicted octanol–water partition coefficient (Wildman–Crippen LogP) is 5.89. The highest BCUT2D eigenvalue weighted by molar-refractivity contribution is 6.05. The van der Waals surface area contributed by atoms with E-state index in [1.807, 2.05) is 0 Å². The molecule has 0 spiro atoms. The third-order valence-electron chi connectivity index (χ3n) is 10.2. The second-order valence-electron chi connectivity index (χ2n) is 11.7. The highest BCUT2D eigenvalue weighted by atomic mass is 16.1. The van der Waals surface area contributed by atoms with Crippen LogP contribution in [0.2, 0.25) is 0 Å². The SMILES string of the molecule is C=C1C(=O)C2(Cc3cccc(CC45CCC(C(=C)C4=O)C5(C)C)c3)CCC1C2(C)C. The first kappa shape index (κ1) is 20.0. The van der Waals surface area contributed by atoms with Crippen LogP contribution in [0.3, 0.4) is 0 Å². The van der Waals surface area contributed by atoms with Crippen molar-refractivity contribution >= 4 is 11.6 Å². The van der Waals surface area contributed by atoms with E-state index >= 15 is 0 Å². The lowest BCUT2D eigenvalue weighted by molar-refractivity contribution is -0.127. The zero-order chi connectivity index (χ0) is 21.7. The minimum Gasteiger partial charge on any atom is -0.294 e. The minimum absolute atomic E-state index is 0.0321. The molecule has 1 aromatic rings. The van der Waals surface area contributed by atoms with Crippen molar-refractivity contribution in [2.75, 3.05) is 0 Å². The maximum atomic E-state index is 13.2. The second kappa shape index (κ2) is 5.84. The van der Waals surface area contributed by atoms with Gasteiger partial charge in [0.05, 0.1) is 0 Å². The van der Waals surface area contributed by atoms with Gasteiger partial charge >= 0.3 is 0 Å². The van der Waals surface area contributed by atoms with Crippen molar-refractivity contribution in [1.82, 2.24) is 0 Å². The van der Waals surface area contributed by atoms with Crippen LogP contribution in [0.4, 0.5) is 0 Å². The quantitative estimate of drug-likeness (QED) is 0.588. The lowest BCUT2D eigenvalue weighted by Gasteiger charge is -2.37. The van der Waals surface area contributed by atoms with Gasteiger partial charge in [-0.15, -0.1) is 0 Å². The van der Waals surface area contributed by atoms with Crippen molar-refractivity contribution in [3.63, 3.8) is 0 Å². The summed E-state index contributed by atoms with van der Waals surface area (Å²) in [6.07, 6.45) is 5.64. The Balaban J connectivity index is 1.47. The molecule has 0 saturated heterocycles. The average Bonchev–Trinajstić information content (AvgIpc) is 3.18. The van der Waals surface area contributed by atoms with Crippen LogP contribution in [0.5, 0.6) is 0 Å². The summed E-state index contributed by atoms with van der Waals surface area (Å²) < 4.78 is 0. The third-order valence-corrected chi connectivity index (χ3v) is 10.2. The van der Waals surface area contributed by atoms with Gasteiger partial charge in [0.1, 0.15) is 0 Å². The van der Waals surface area contributed by atoms with E-state index in [1.165, 1.54) is 11.1 Å². The van der Waals surface area contributed by atoms with Gasteiger partial charge in [-0.25, -0.2) is 0 Å². The first-order valence-electron chi connectivity index (χ1n) is 11.5. The number of Topliss-reactive ketones (excluding diaryl/α,β-unsaturated/α-hetero) is 2. The minimum atomic E-state index is -0.319. The van der Waals surface area contributed by atoms with E-state index in [0.717, 1.165) is 49.7 Å². The van der Waals surface area contributed by atoms with Gasteiger partial charge in [-0.1, -0.05) is 65.1 Å². The number of rotatable bonds is 4. The van der Waals surface area contributed by atoms with Crippen LogP contribution in [0.15, 0.2) is 48.6 Å². The summed E-state index contributed by atoms with van der Waals surface area (Å²) in [5.74, 6) is 1.22. The number of carbonyl (C=O) groups excluding carboxylic acids is 2. The number of ketones is 2. The van der Waals surface area contributed by atoms with Crippen molar-refractivity contribution in [3.8, 4) is 0 Å². The largest absolute Gasteiger partial charge is 0.294 e.